The molecule has 1 saturated heterocycles. The number of hydrogen-bond acceptors (Lipinski definition) is 6. The van der Waals surface area contributed by atoms with Gasteiger partial charge in [-0.2, -0.15) is 0 Å². The van der Waals surface area contributed by atoms with Crippen molar-refractivity contribution in [3.8, 4) is 5.75 Å². The molecular weight excluding hydrogens is 416 g/mol. The number of amides is 1. The van der Waals surface area contributed by atoms with E-state index in [2.05, 4.69) is 38.3 Å². The molecule has 2 heterocycles. The predicted octanol–water partition coefficient (Wildman–Crippen LogP) is 3.88. The molecule has 0 radical (unpaired) electrons. The molecule has 2 aromatic carbocycles. The number of ether oxygens (including phenoxy) is 2. The van der Waals surface area contributed by atoms with Crippen LogP contribution >= 0.6 is 0 Å². The van der Waals surface area contributed by atoms with Crippen molar-refractivity contribution >= 4 is 11.8 Å². The van der Waals surface area contributed by atoms with E-state index < -0.39 is 6.09 Å². The van der Waals surface area contributed by atoms with Crippen LogP contribution < -0.4 is 15.0 Å². The van der Waals surface area contributed by atoms with Gasteiger partial charge in [-0.3, -0.25) is 9.88 Å². The summed E-state index contributed by atoms with van der Waals surface area (Å²) in [5, 5.41) is 2.95. The van der Waals surface area contributed by atoms with Crippen LogP contribution in [0.15, 0.2) is 79.1 Å². The molecule has 1 aliphatic rings. The molecule has 1 atom stereocenters. The first-order valence-electron chi connectivity index (χ1n) is 11.2. The monoisotopic (exact) mass is 446 g/mol. The molecule has 1 N–H and O–H groups in total. The van der Waals surface area contributed by atoms with E-state index in [4.69, 9.17) is 9.47 Å². The summed E-state index contributed by atoms with van der Waals surface area (Å²) in [6, 6.07) is 21.9. The van der Waals surface area contributed by atoms with Crippen LogP contribution in [0.5, 0.6) is 5.75 Å². The molecule has 4 rings (SSSR count). The van der Waals surface area contributed by atoms with Crippen molar-refractivity contribution in [3.63, 3.8) is 0 Å². The standard InChI is InChI=1S/C26H30N4O3/c1-32-24-11-9-23(10-12-24)29-14-16-30(17-15-29)25(22-8-5-13-27-18-22)19-28-26(31)33-20-21-6-3-2-4-7-21/h2-13,18,25H,14-17,19-20H2,1H3,(H,28,31). The molecule has 33 heavy (non-hydrogen) atoms. The number of carbonyl (C=O) groups excluding carboxylic acids is 1. The topological polar surface area (TPSA) is 66.9 Å². The first-order chi connectivity index (χ1) is 16.2. The molecular formula is C26H30N4O3. The van der Waals surface area contributed by atoms with E-state index in [0.717, 1.165) is 43.1 Å². The Bertz CT molecular complexity index is 991. The summed E-state index contributed by atoms with van der Waals surface area (Å²) in [6.45, 7) is 4.29. The molecule has 0 aliphatic carbocycles. The molecule has 1 fully saturated rings. The molecule has 1 amide bonds. The summed E-state index contributed by atoms with van der Waals surface area (Å²) in [5.74, 6) is 0.860. The van der Waals surface area contributed by atoms with E-state index in [0.29, 0.717) is 6.54 Å². The summed E-state index contributed by atoms with van der Waals surface area (Å²) in [4.78, 5) is 21.4. The van der Waals surface area contributed by atoms with Crippen LogP contribution in [0.4, 0.5) is 10.5 Å². The van der Waals surface area contributed by atoms with Gasteiger partial charge in [0.2, 0.25) is 0 Å². The lowest BCUT2D eigenvalue weighted by molar-refractivity contribution is 0.130. The van der Waals surface area contributed by atoms with E-state index in [-0.39, 0.29) is 12.6 Å². The van der Waals surface area contributed by atoms with Crippen molar-refractivity contribution in [2.75, 3.05) is 44.7 Å². The summed E-state index contributed by atoms with van der Waals surface area (Å²) < 4.78 is 10.7. The number of nitrogens with zero attached hydrogens (tertiary/aromatic N) is 3. The average molecular weight is 447 g/mol. The highest BCUT2D eigenvalue weighted by atomic mass is 16.5. The van der Waals surface area contributed by atoms with Gasteiger partial charge in [-0.1, -0.05) is 36.4 Å². The number of rotatable bonds is 8. The molecule has 1 aromatic heterocycles. The van der Waals surface area contributed by atoms with Crippen LogP contribution in [0.3, 0.4) is 0 Å². The largest absolute Gasteiger partial charge is 0.497 e. The first kappa shape index (κ1) is 22.6. The lowest BCUT2D eigenvalue weighted by Gasteiger charge is -2.40. The number of alkyl carbamates (subject to hydrolysis) is 1. The fourth-order valence-corrected chi connectivity index (χ4v) is 4.07. The van der Waals surface area contributed by atoms with Crippen LogP contribution in [0.1, 0.15) is 17.2 Å². The van der Waals surface area contributed by atoms with Gasteiger partial charge in [0.1, 0.15) is 12.4 Å². The minimum atomic E-state index is -0.412. The number of methoxy groups -OCH3 is 1. The maximum absolute atomic E-state index is 12.3. The van der Waals surface area contributed by atoms with Crippen molar-refractivity contribution < 1.29 is 14.3 Å². The maximum Gasteiger partial charge on any atom is 0.407 e. The molecule has 0 saturated carbocycles. The SMILES string of the molecule is COc1ccc(N2CCN(C(CNC(=O)OCc3ccccc3)c3cccnc3)CC2)cc1. The highest BCUT2D eigenvalue weighted by molar-refractivity contribution is 5.67. The van der Waals surface area contributed by atoms with Gasteiger partial charge in [0, 0.05) is 50.8 Å². The minimum absolute atomic E-state index is 0.0287. The Morgan fingerprint density at radius 1 is 1.00 bits per heavy atom. The van der Waals surface area contributed by atoms with Crippen molar-refractivity contribution in [1.29, 1.82) is 0 Å². The highest BCUT2D eigenvalue weighted by Crippen LogP contribution is 2.25. The zero-order valence-electron chi connectivity index (χ0n) is 18.9. The van der Waals surface area contributed by atoms with E-state index in [9.17, 15) is 4.79 Å². The molecule has 3 aromatic rings. The summed E-state index contributed by atoms with van der Waals surface area (Å²) in [5.41, 5.74) is 3.24. The van der Waals surface area contributed by atoms with E-state index in [1.54, 1.807) is 13.3 Å². The number of anilines is 1. The number of hydrogen-bond donors (Lipinski definition) is 1. The first-order valence-corrected chi connectivity index (χ1v) is 11.2. The lowest BCUT2D eigenvalue weighted by atomic mass is 10.1. The number of nitrogens with one attached hydrogen (secondary N) is 1. The Labute approximate surface area is 195 Å². The van der Waals surface area contributed by atoms with Crippen molar-refractivity contribution in [3.05, 3.63) is 90.3 Å². The molecule has 1 unspecified atom stereocenters. The molecule has 172 valence electrons. The number of aromatic nitrogens is 1. The minimum Gasteiger partial charge on any atom is -0.497 e. The van der Waals surface area contributed by atoms with Gasteiger partial charge in [0.15, 0.2) is 0 Å². The van der Waals surface area contributed by atoms with Gasteiger partial charge >= 0.3 is 6.09 Å². The van der Waals surface area contributed by atoms with Crippen molar-refractivity contribution in [2.45, 2.75) is 12.6 Å². The summed E-state index contributed by atoms with van der Waals surface area (Å²) in [6.07, 6.45) is 3.23. The van der Waals surface area contributed by atoms with Gasteiger partial charge in [0.25, 0.3) is 0 Å². The van der Waals surface area contributed by atoms with Crippen LogP contribution in [0, 0.1) is 0 Å². The molecule has 7 heteroatoms. The number of carbonyl (C=O) groups is 1. The van der Waals surface area contributed by atoms with Crippen LogP contribution in [0.2, 0.25) is 0 Å². The van der Waals surface area contributed by atoms with Gasteiger partial charge in [-0.05, 0) is 41.5 Å². The van der Waals surface area contributed by atoms with Gasteiger partial charge in [-0.15, -0.1) is 0 Å². The molecule has 0 bridgehead atoms. The van der Waals surface area contributed by atoms with E-state index >= 15 is 0 Å². The van der Waals surface area contributed by atoms with E-state index in [1.807, 2.05) is 54.7 Å². The third-order valence-electron chi connectivity index (χ3n) is 5.91. The Balaban J connectivity index is 1.34. The molecule has 7 nitrogen and oxygen atoms in total. The fraction of sp³-hybridized carbons (Fsp3) is 0.308. The Morgan fingerprint density at radius 3 is 2.42 bits per heavy atom. The van der Waals surface area contributed by atoms with Crippen molar-refractivity contribution in [2.24, 2.45) is 0 Å². The average Bonchev–Trinajstić information content (AvgIpc) is 2.89. The Morgan fingerprint density at radius 2 is 1.76 bits per heavy atom. The van der Waals surface area contributed by atoms with Crippen molar-refractivity contribution in [1.82, 2.24) is 15.2 Å². The Hall–Kier alpha value is -3.58. The lowest BCUT2D eigenvalue weighted by Crippen LogP contribution is -2.50. The van der Waals surface area contributed by atoms with Gasteiger partial charge in [0.05, 0.1) is 13.2 Å². The third-order valence-corrected chi connectivity index (χ3v) is 5.91. The number of benzene rings is 2. The van der Waals surface area contributed by atoms with Crippen LogP contribution in [-0.2, 0) is 11.3 Å². The second-order valence-electron chi connectivity index (χ2n) is 7.97. The summed E-state index contributed by atoms with van der Waals surface area (Å²) in [7, 11) is 1.68. The predicted molar refractivity (Wildman–Crippen MR) is 128 cm³/mol. The van der Waals surface area contributed by atoms with Gasteiger partial charge < -0.3 is 19.7 Å². The number of pyridine rings is 1. The second-order valence-corrected chi connectivity index (χ2v) is 7.97. The molecule has 0 spiro atoms. The fourth-order valence-electron chi connectivity index (χ4n) is 4.07. The smallest absolute Gasteiger partial charge is 0.407 e. The third kappa shape index (κ3) is 6.23. The maximum atomic E-state index is 12.3. The van der Waals surface area contributed by atoms with Crippen LogP contribution in [-0.4, -0.2) is 55.8 Å². The van der Waals surface area contributed by atoms with Gasteiger partial charge in [-0.25, -0.2) is 4.79 Å². The number of piperazine rings is 1. The molecule has 1 aliphatic heterocycles. The van der Waals surface area contributed by atoms with Crippen LogP contribution in [0.25, 0.3) is 0 Å². The normalized spacial score (nSPS) is 15.0. The Kier molecular flexibility index (Phi) is 7.76. The highest BCUT2D eigenvalue weighted by Gasteiger charge is 2.26. The van der Waals surface area contributed by atoms with E-state index in [1.165, 1.54) is 5.69 Å². The zero-order chi connectivity index (χ0) is 22.9. The second kappa shape index (κ2) is 11.3. The quantitative estimate of drug-likeness (QED) is 0.567. The zero-order valence-corrected chi connectivity index (χ0v) is 18.9. The summed E-state index contributed by atoms with van der Waals surface area (Å²) >= 11 is 0.